The molecule has 1 amide bonds. The molecular weight excluding hydrogens is 430 g/mol. The molecule has 0 aromatic carbocycles. The summed E-state index contributed by atoms with van der Waals surface area (Å²) in [5.74, 6) is 0.942. The maximum absolute atomic E-state index is 13.2. The van der Waals surface area contributed by atoms with E-state index >= 15 is 0 Å². The van der Waals surface area contributed by atoms with Crippen molar-refractivity contribution in [2.45, 2.75) is 103 Å². The summed E-state index contributed by atoms with van der Waals surface area (Å²) in [6, 6.07) is 0. The van der Waals surface area contributed by atoms with E-state index < -0.39 is 5.60 Å². The normalized spacial score (nSPS) is 25.4. The minimum Gasteiger partial charge on any atom is -0.387 e. The molecule has 0 bridgehead atoms. The van der Waals surface area contributed by atoms with Crippen LogP contribution >= 0.6 is 0 Å². The number of hydrogen-bond donors (Lipinski definition) is 1. The Hall–Kier alpha value is -2.22. The molecule has 2 saturated carbocycles. The van der Waals surface area contributed by atoms with Gasteiger partial charge < -0.3 is 10.0 Å². The molecule has 186 valence electrons. The number of aromatic nitrogens is 4. The third kappa shape index (κ3) is 4.30. The first kappa shape index (κ1) is 23.5. The van der Waals surface area contributed by atoms with Gasteiger partial charge in [0.15, 0.2) is 5.65 Å². The zero-order valence-electron chi connectivity index (χ0n) is 20.5. The van der Waals surface area contributed by atoms with Gasteiger partial charge >= 0.3 is 0 Å². The quantitative estimate of drug-likeness (QED) is 0.699. The van der Waals surface area contributed by atoms with Crippen molar-refractivity contribution in [2.75, 3.05) is 13.1 Å². The Morgan fingerprint density at radius 1 is 1.15 bits per heavy atom. The van der Waals surface area contributed by atoms with E-state index in [1.165, 1.54) is 38.4 Å². The van der Waals surface area contributed by atoms with E-state index in [0.29, 0.717) is 49.4 Å². The molecule has 1 saturated heterocycles. The smallest absolute Gasteiger partial charge is 0.264 e. The first-order valence-corrected chi connectivity index (χ1v) is 13.4. The highest BCUT2D eigenvalue weighted by Crippen LogP contribution is 2.51. The molecule has 8 nitrogen and oxygen atoms in total. The number of amides is 1. The minimum absolute atomic E-state index is 0.155. The van der Waals surface area contributed by atoms with Crippen molar-refractivity contribution >= 4 is 16.9 Å². The van der Waals surface area contributed by atoms with Crippen LogP contribution in [0.4, 0.5) is 0 Å². The number of carbonyl (C=O) groups is 1. The molecule has 1 N–H and O–H groups in total. The summed E-state index contributed by atoms with van der Waals surface area (Å²) in [6.07, 6.45) is 15.8. The second-order valence-corrected chi connectivity index (χ2v) is 11.0. The number of nitrogens with zero attached hydrogens (tertiary/aromatic N) is 5. The standard InChI is InChI=1S/C26H39N5O3/c1-2-31-16-21-23(28-31)27-19-30(24(21)33)18-26(34)14-15-29(17-25(26)12-6-7-13-25)22(32)11-10-20-8-4-3-5-9-20/h16,19-20,34H,2-15,17-18H2,1H3. The lowest BCUT2D eigenvalue weighted by atomic mass is 9.65. The van der Waals surface area contributed by atoms with Crippen molar-refractivity contribution in [2.24, 2.45) is 11.3 Å². The number of carbonyl (C=O) groups excluding carboxylic acids is 1. The minimum atomic E-state index is -1.02. The van der Waals surface area contributed by atoms with Crippen LogP contribution in [0.3, 0.4) is 0 Å². The van der Waals surface area contributed by atoms with Crippen LogP contribution in [-0.2, 0) is 17.9 Å². The predicted octanol–water partition coefficient (Wildman–Crippen LogP) is 3.50. The number of aliphatic hydroxyl groups is 1. The van der Waals surface area contributed by atoms with Crippen LogP contribution in [-0.4, -0.2) is 53.9 Å². The summed E-state index contributed by atoms with van der Waals surface area (Å²) >= 11 is 0. The molecule has 3 aliphatic rings. The molecule has 2 aliphatic carbocycles. The molecule has 2 aromatic rings. The van der Waals surface area contributed by atoms with Gasteiger partial charge in [-0.2, -0.15) is 5.10 Å². The number of likely N-dealkylation sites (tertiary alicyclic amines) is 1. The number of hydrogen-bond acceptors (Lipinski definition) is 5. The fourth-order valence-corrected chi connectivity index (χ4v) is 6.82. The second-order valence-electron chi connectivity index (χ2n) is 11.0. The second kappa shape index (κ2) is 9.44. The van der Waals surface area contributed by atoms with Gasteiger partial charge in [-0.05, 0) is 38.5 Å². The first-order chi connectivity index (χ1) is 16.4. The lowest BCUT2D eigenvalue weighted by Crippen LogP contribution is -2.62. The van der Waals surface area contributed by atoms with Crippen LogP contribution in [0.25, 0.3) is 11.0 Å². The van der Waals surface area contributed by atoms with E-state index in [2.05, 4.69) is 10.1 Å². The molecule has 5 rings (SSSR count). The molecule has 8 heteroatoms. The van der Waals surface area contributed by atoms with Crippen molar-refractivity contribution in [1.29, 1.82) is 0 Å². The monoisotopic (exact) mass is 469 g/mol. The molecule has 2 aromatic heterocycles. The Morgan fingerprint density at radius 2 is 1.91 bits per heavy atom. The Morgan fingerprint density at radius 3 is 2.65 bits per heavy atom. The maximum atomic E-state index is 13.2. The van der Waals surface area contributed by atoms with E-state index in [9.17, 15) is 14.7 Å². The SMILES string of the molecule is CCn1cc2c(=O)n(CC3(O)CCN(C(=O)CCC4CCCCC4)CC34CCCC4)cnc2n1. The average molecular weight is 470 g/mol. The average Bonchev–Trinajstić information content (AvgIpc) is 3.50. The number of fused-ring (bicyclic) bond motifs is 1. The molecule has 1 unspecified atom stereocenters. The van der Waals surface area contributed by atoms with Crippen molar-refractivity contribution in [3.05, 3.63) is 22.9 Å². The number of piperidine rings is 1. The molecule has 3 heterocycles. The Kier molecular flexibility index (Phi) is 6.53. The lowest BCUT2D eigenvalue weighted by Gasteiger charge is -2.52. The van der Waals surface area contributed by atoms with Gasteiger partial charge in [0.05, 0.1) is 12.1 Å². The number of rotatable bonds is 6. The molecule has 0 radical (unpaired) electrons. The lowest BCUT2D eigenvalue weighted by molar-refractivity contribution is -0.160. The van der Waals surface area contributed by atoms with Gasteiger partial charge in [-0.25, -0.2) is 4.98 Å². The summed E-state index contributed by atoms with van der Waals surface area (Å²) < 4.78 is 3.28. The zero-order valence-corrected chi connectivity index (χ0v) is 20.5. The zero-order chi connectivity index (χ0) is 23.8. The van der Waals surface area contributed by atoms with Gasteiger partial charge in [0, 0.05) is 37.7 Å². The van der Waals surface area contributed by atoms with Gasteiger partial charge in [0.1, 0.15) is 11.7 Å². The van der Waals surface area contributed by atoms with E-state index in [1.807, 2.05) is 11.8 Å². The highest BCUT2D eigenvalue weighted by molar-refractivity contribution is 5.76. The van der Waals surface area contributed by atoms with Crippen LogP contribution in [0.1, 0.15) is 84.0 Å². The Bertz CT molecular complexity index is 1080. The van der Waals surface area contributed by atoms with Crippen LogP contribution in [0.15, 0.2) is 17.3 Å². The van der Waals surface area contributed by atoms with Crippen LogP contribution in [0.5, 0.6) is 0 Å². The molecule has 1 spiro atoms. The van der Waals surface area contributed by atoms with E-state index in [4.69, 9.17) is 0 Å². The van der Waals surface area contributed by atoms with E-state index in [1.54, 1.807) is 15.4 Å². The highest BCUT2D eigenvalue weighted by atomic mass is 16.3. The van der Waals surface area contributed by atoms with Crippen LogP contribution in [0, 0.1) is 11.3 Å². The van der Waals surface area contributed by atoms with Gasteiger partial charge in [0.2, 0.25) is 5.91 Å². The van der Waals surface area contributed by atoms with Gasteiger partial charge in [-0.1, -0.05) is 44.9 Å². The Balaban J connectivity index is 1.32. The predicted molar refractivity (Wildman–Crippen MR) is 130 cm³/mol. The van der Waals surface area contributed by atoms with Crippen molar-refractivity contribution in [3.8, 4) is 0 Å². The topological polar surface area (TPSA) is 93.2 Å². The van der Waals surface area contributed by atoms with Gasteiger partial charge in [0.25, 0.3) is 5.56 Å². The third-order valence-corrected chi connectivity index (χ3v) is 8.99. The molecular formula is C26H39N5O3. The summed E-state index contributed by atoms with van der Waals surface area (Å²) in [6.45, 7) is 4.02. The van der Waals surface area contributed by atoms with E-state index in [0.717, 1.165) is 32.1 Å². The summed E-state index contributed by atoms with van der Waals surface area (Å²) in [5, 5.41) is 16.8. The van der Waals surface area contributed by atoms with Crippen molar-refractivity contribution in [1.82, 2.24) is 24.2 Å². The third-order valence-electron chi connectivity index (χ3n) is 8.99. The summed E-state index contributed by atoms with van der Waals surface area (Å²) in [5.41, 5.74) is -1.08. The Labute approximate surface area is 201 Å². The van der Waals surface area contributed by atoms with Crippen molar-refractivity contribution < 1.29 is 9.90 Å². The van der Waals surface area contributed by atoms with Crippen LogP contribution in [0.2, 0.25) is 0 Å². The van der Waals surface area contributed by atoms with Crippen molar-refractivity contribution in [3.63, 3.8) is 0 Å². The summed E-state index contributed by atoms with van der Waals surface area (Å²) in [4.78, 5) is 32.7. The molecule has 34 heavy (non-hydrogen) atoms. The van der Waals surface area contributed by atoms with Gasteiger partial charge in [-0.15, -0.1) is 0 Å². The van der Waals surface area contributed by atoms with Crippen LogP contribution < -0.4 is 5.56 Å². The number of aryl methyl sites for hydroxylation is 1. The molecule has 1 atom stereocenters. The van der Waals surface area contributed by atoms with E-state index in [-0.39, 0.29) is 23.4 Å². The fraction of sp³-hybridized carbons (Fsp3) is 0.769. The first-order valence-electron chi connectivity index (χ1n) is 13.4. The summed E-state index contributed by atoms with van der Waals surface area (Å²) in [7, 11) is 0. The molecule has 1 aliphatic heterocycles. The largest absolute Gasteiger partial charge is 0.387 e. The highest BCUT2D eigenvalue weighted by Gasteiger charge is 2.55. The van der Waals surface area contributed by atoms with Gasteiger partial charge in [-0.3, -0.25) is 18.8 Å². The fourth-order valence-electron chi connectivity index (χ4n) is 6.82. The maximum Gasteiger partial charge on any atom is 0.264 e. The molecule has 3 fully saturated rings.